The Bertz CT molecular complexity index is 1420. The van der Waals surface area contributed by atoms with E-state index >= 15 is 0 Å². The molecule has 0 saturated heterocycles. The van der Waals surface area contributed by atoms with Gasteiger partial charge in [-0.2, -0.15) is 0 Å². The molecule has 0 radical (unpaired) electrons. The highest BCUT2D eigenvalue weighted by Gasteiger charge is 2.25. The van der Waals surface area contributed by atoms with E-state index in [1.807, 2.05) is 12.2 Å². The molecule has 8 nitrogen and oxygen atoms in total. The Morgan fingerprint density at radius 3 is 1.34 bits per heavy atom. The fourth-order valence-electron chi connectivity index (χ4n) is 6.75. The van der Waals surface area contributed by atoms with Crippen molar-refractivity contribution in [2.24, 2.45) is 0 Å². The molecule has 368 valence electrons. The second-order valence-corrected chi connectivity index (χ2v) is 17.7. The number of rotatable bonds is 44. The van der Waals surface area contributed by atoms with Gasteiger partial charge in [0.25, 0.3) is 0 Å². The van der Waals surface area contributed by atoms with Gasteiger partial charge in [-0.3, -0.25) is 9.59 Å². The van der Waals surface area contributed by atoms with Crippen molar-refractivity contribution < 1.29 is 38.2 Å². The third-order valence-corrected chi connectivity index (χ3v) is 10.7. The smallest absolute Gasteiger partial charge is 0.306 e. The topological polar surface area (TPSA) is 102 Å². The molecule has 0 aromatic heterocycles. The molecule has 0 rings (SSSR count). The molecule has 65 heavy (non-hydrogen) atoms. The van der Waals surface area contributed by atoms with Gasteiger partial charge in [-0.1, -0.05) is 181 Å². The minimum Gasteiger partial charge on any atom is -0.544 e. The van der Waals surface area contributed by atoms with Crippen LogP contribution < -0.4 is 5.11 Å². The van der Waals surface area contributed by atoms with Crippen LogP contribution in [0.15, 0.2) is 109 Å². The van der Waals surface area contributed by atoms with Crippen LogP contribution in [0.2, 0.25) is 0 Å². The number of carboxylic acid groups (broad SMARTS) is 1. The highest BCUT2D eigenvalue weighted by Crippen LogP contribution is 2.13. The number of esters is 2. The molecule has 0 heterocycles. The number of ether oxygens (including phenoxy) is 3. The first-order chi connectivity index (χ1) is 31.6. The van der Waals surface area contributed by atoms with E-state index in [1.54, 1.807) is 21.1 Å². The van der Waals surface area contributed by atoms with Gasteiger partial charge in [0.15, 0.2) is 6.10 Å². The van der Waals surface area contributed by atoms with E-state index in [0.717, 1.165) is 77.0 Å². The van der Waals surface area contributed by atoms with Gasteiger partial charge in [-0.05, 0) is 89.9 Å². The van der Waals surface area contributed by atoms with E-state index < -0.39 is 18.1 Å². The number of allylic oxidation sites excluding steroid dienone is 18. The Balaban J connectivity index is 4.39. The summed E-state index contributed by atoms with van der Waals surface area (Å²) < 4.78 is 17.1. The average Bonchev–Trinajstić information content (AvgIpc) is 3.27. The van der Waals surface area contributed by atoms with Crippen LogP contribution >= 0.6 is 0 Å². The first kappa shape index (κ1) is 61.0. The highest BCUT2D eigenvalue weighted by molar-refractivity contribution is 5.70. The number of unbranched alkanes of at least 4 members (excludes halogenated alkanes) is 12. The van der Waals surface area contributed by atoms with Gasteiger partial charge in [0.05, 0.1) is 40.3 Å². The molecule has 0 amide bonds. The zero-order chi connectivity index (χ0) is 47.7. The van der Waals surface area contributed by atoms with E-state index in [2.05, 4.69) is 111 Å². The van der Waals surface area contributed by atoms with Gasteiger partial charge in [-0.25, -0.2) is 0 Å². The monoisotopic (exact) mass is 904 g/mol. The van der Waals surface area contributed by atoms with Crippen molar-refractivity contribution in [3.8, 4) is 0 Å². The number of carboxylic acids is 1. The SMILES string of the molecule is CC/C=C/C/C=C/C/C=C/C/C=C/C/C=C/C/C=C/CCC(=O)OCC(COCCC(C(=O)[O-])[N+](C)(C)C)OC(=O)CCCCCCCCCCC/C=C/C/C=C/C/C=C/CCCCC. The summed E-state index contributed by atoms with van der Waals surface area (Å²) in [4.78, 5) is 37.0. The van der Waals surface area contributed by atoms with Crippen LogP contribution in [-0.2, 0) is 28.6 Å². The number of hydrogen-bond acceptors (Lipinski definition) is 7. The Labute approximate surface area is 398 Å². The molecule has 0 spiro atoms. The summed E-state index contributed by atoms with van der Waals surface area (Å²) in [6.45, 7) is 4.43. The number of hydrogen-bond donors (Lipinski definition) is 0. The predicted octanol–water partition coefficient (Wildman–Crippen LogP) is 13.5. The van der Waals surface area contributed by atoms with E-state index in [0.29, 0.717) is 12.8 Å². The lowest BCUT2D eigenvalue weighted by Crippen LogP contribution is -2.55. The number of likely N-dealkylation sites (N-methyl/N-ethyl adjacent to an activating group) is 1. The quantitative estimate of drug-likeness (QED) is 0.0260. The minimum atomic E-state index is -1.14. The third-order valence-electron chi connectivity index (χ3n) is 10.7. The van der Waals surface area contributed by atoms with Crippen LogP contribution in [0.5, 0.6) is 0 Å². The van der Waals surface area contributed by atoms with E-state index in [4.69, 9.17) is 14.2 Å². The maximum atomic E-state index is 12.8. The maximum Gasteiger partial charge on any atom is 0.306 e. The molecule has 0 bridgehead atoms. The molecule has 2 unspecified atom stereocenters. The molecule has 0 aromatic rings. The standard InChI is InChI=1S/C57H93NO7/c1-6-8-10-12-14-16-18-20-22-24-26-27-28-30-32-34-36-38-40-42-44-46-48-56(60)65-53(51-63-50-49-54(57(61)62)58(3,4)5)52-64-55(59)47-45-43-41-39-37-35-33-31-29-25-23-21-19-17-15-13-11-9-7-2/h9,11,14-17,20-23,26-27,29,31,35,37,41,43,53-54H,6-8,10,12-13,18-19,24-25,28,30,32-34,36,38-40,42,44-52H2,1-5H3/b11-9+,16-14+,17-15+,22-20+,23-21+,27-26+,31-29+,37-35+,43-41+. The molecule has 2 atom stereocenters. The van der Waals surface area contributed by atoms with Crippen LogP contribution in [0.25, 0.3) is 0 Å². The van der Waals surface area contributed by atoms with Gasteiger partial charge in [0.1, 0.15) is 12.6 Å². The molecular formula is C57H93NO7. The fraction of sp³-hybridized carbons (Fsp3) is 0.632. The van der Waals surface area contributed by atoms with Gasteiger partial charge in [0.2, 0.25) is 0 Å². The van der Waals surface area contributed by atoms with Gasteiger partial charge in [-0.15, -0.1) is 0 Å². The molecule has 0 N–H and O–H groups in total. The maximum absolute atomic E-state index is 12.8. The molecule has 0 aliphatic heterocycles. The number of nitrogens with zero attached hydrogens (tertiary/aromatic N) is 1. The second kappa shape index (κ2) is 46.5. The van der Waals surface area contributed by atoms with Crippen LogP contribution in [0.4, 0.5) is 0 Å². The largest absolute Gasteiger partial charge is 0.544 e. The lowest BCUT2D eigenvalue weighted by molar-refractivity contribution is -0.889. The zero-order valence-corrected chi connectivity index (χ0v) is 41.9. The van der Waals surface area contributed by atoms with Crippen LogP contribution in [0.1, 0.15) is 181 Å². The Kier molecular flexibility index (Phi) is 43.6. The molecule has 0 aliphatic carbocycles. The molecule has 8 heteroatoms. The van der Waals surface area contributed by atoms with E-state index in [-0.39, 0.29) is 49.1 Å². The highest BCUT2D eigenvalue weighted by atomic mass is 16.6. The minimum absolute atomic E-state index is 0.00801. The third kappa shape index (κ3) is 45.0. The predicted molar refractivity (Wildman–Crippen MR) is 272 cm³/mol. The number of aliphatic carboxylic acids is 1. The van der Waals surface area contributed by atoms with Crippen molar-refractivity contribution in [3.63, 3.8) is 0 Å². The summed E-state index contributed by atoms with van der Waals surface area (Å²) in [5.74, 6) is -1.86. The summed E-state index contributed by atoms with van der Waals surface area (Å²) in [6.07, 6.45) is 64.2. The second-order valence-electron chi connectivity index (χ2n) is 17.7. The van der Waals surface area contributed by atoms with E-state index in [9.17, 15) is 19.5 Å². The van der Waals surface area contributed by atoms with Crippen molar-refractivity contribution in [1.29, 1.82) is 0 Å². The average molecular weight is 904 g/mol. The van der Waals surface area contributed by atoms with Crippen LogP contribution in [0.3, 0.4) is 0 Å². The van der Waals surface area contributed by atoms with Crippen molar-refractivity contribution in [2.45, 2.75) is 193 Å². The lowest BCUT2D eigenvalue weighted by Gasteiger charge is -2.34. The van der Waals surface area contributed by atoms with Crippen LogP contribution in [-0.4, -0.2) is 75.5 Å². The molecule has 0 aliphatic rings. The lowest BCUT2D eigenvalue weighted by atomic mass is 10.1. The number of carbonyl (C=O) groups is 3. The first-order valence-corrected chi connectivity index (χ1v) is 25.4. The fourth-order valence-corrected chi connectivity index (χ4v) is 6.75. The van der Waals surface area contributed by atoms with Gasteiger partial charge in [0, 0.05) is 19.3 Å². The molecule has 0 fully saturated rings. The van der Waals surface area contributed by atoms with Crippen molar-refractivity contribution in [2.75, 3.05) is 41.0 Å². The Morgan fingerprint density at radius 1 is 0.477 bits per heavy atom. The first-order valence-electron chi connectivity index (χ1n) is 25.4. The molecule has 0 saturated carbocycles. The Hall–Kier alpha value is -4.01. The normalized spacial score (nSPS) is 13.8. The van der Waals surface area contributed by atoms with Gasteiger partial charge < -0.3 is 28.6 Å². The van der Waals surface area contributed by atoms with Crippen molar-refractivity contribution in [3.05, 3.63) is 109 Å². The summed E-state index contributed by atoms with van der Waals surface area (Å²) in [5, 5.41) is 11.7. The molecule has 0 aromatic carbocycles. The van der Waals surface area contributed by atoms with Crippen LogP contribution in [0, 0.1) is 0 Å². The van der Waals surface area contributed by atoms with Crippen molar-refractivity contribution >= 4 is 17.9 Å². The number of quaternary nitrogens is 1. The summed E-state index contributed by atoms with van der Waals surface area (Å²) in [7, 11) is 5.38. The van der Waals surface area contributed by atoms with Gasteiger partial charge >= 0.3 is 11.9 Å². The molecular weight excluding hydrogens is 811 g/mol. The van der Waals surface area contributed by atoms with E-state index in [1.165, 1.54) is 64.2 Å². The zero-order valence-electron chi connectivity index (χ0n) is 41.9. The number of carbonyl (C=O) groups excluding carboxylic acids is 3. The summed E-state index contributed by atoms with van der Waals surface area (Å²) >= 11 is 0. The summed E-state index contributed by atoms with van der Waals surface area (Å²) in [5.41, 5.74) is 0. The van der Waals surface area contributed by atoms with Crippen molar-refractivity contribution in [1.82, 2.24) is 0 Å². The summed E-state index contributed by atoms with van der Waals surface area (Å²) in [6, 6.07) is -0.745. The Morgan fingerprint density at radius 2 is 0.892 bits per heavy atom.